The fourth-order valence-electron chi connectivity index (χ4n) is 1.35. The minimum Gasteiger partial charge on any atom is -0.241 e. The summed E-state index contributed by atoms with van der Waals surface area (Å²) in [5, 5.41) is 0. The highest BCUT2D eigenvalue weighted by molar-refractivity contribution is 9.10. The largest absolute Gasteiger partial charge is 0.241 e. The van der Waals surface area contributed by atoms with Gasteiger partial charge in [-0.3, -0.25) is 0 Å². The van der Waals surface area contributed by atoms with Gasteiger partial charge in [0.2, 0.25) is 0 Å². The third-order valence-electron chi connectivity index (χ3n) is 2.22. The van der Waals surface area contributed by atoms with Crippen LogP contribution in [-0.4, -0.2) is 9.97 Å². The molecular weight excluding hydrogens is 288 g/mol. The van der Waals surface area contributed by atoms with Crippen molar-refractivity contribution in [2.75, 3.05) is 0 Å². The second kappa shape index (κ2) is 5.41. The monoisotopic (exact) mass is 296 g/mol. The van der Waals surface area contributed by atoms with E-state index in [1.165, 1.54) is 5.56 Å². The topological polar surface area (TPSA) is 25.8 Å². The Morgan fingerprint density at radius 1 is 1.12 bits per heavy atom. The summed E-state index contributed by atoms with van der Waals surface area (Å²) in [5.41, 5.74) is 2.12. The van der Waals surface area contributed by atoms with Gasteiger partial charge in [-0.15, -0.1) is 11.6 Å². The molecule has 1 aromatic heterocycles. The fourth-order valence-corrected chi connectivity index (χ4v) is 1.92. The summed E-state index contributed by atoms with van der Waals surface area (Å²) in [6.07, 6.45) is 4.27. The van der Waals surface area contributed by atoms with Crippen LogP contribution in [0.2, 0.25) is 0 Å². The van der Waals surface area contributed by atoms with Gasteiger partial charge >= 0.3 is 0 Å². The lowest BCUT2D eigenvalue weighted by molar-refractivity contribution is 0.949. The molecule has 0 bridgehead atoms. The summed E-state index contributed by atoms with van der Waals surface area (Å²) >= 11 is 9.18. The van der Waals surface area contributed by atoms with Crippen molar-refractivity contribution < 1.29 is 0 Å². The molecule has 0 fully saturated rings. The van der Waals surface area contributed by atoms with Crippen LogP contribution < -0.4 is 0 Å². The summed E-state index contributed by atoms with van der Waals surface area (Å²) in [4.78, 5) is 8.54. The minimum absolute atomic E-state index is 0.454. The number of hydrogen-bond acceptors (Lipinski definition) is 2. The zero-order chi connectivity index (χ0) is 11.4. The van der Waals surface area contributed by atoms with Crippen molar-refractivity contribution in [2.45, 2.75) is 12.3 Å². The summed E-state index contributed by atoms with van der Waals surface area (Å²) in [7, 11) is 0. The second-order valence-corrected chi connectivity index (χ2v) is 4.53. The molecule has 0 spiro atoms. The van der Waals surface area contributed by atoms with Crippen molar-refractivity contribution >= 4 is 27.5 Å². The Morgan fingerprint density at radius 3 is 2.44 bits per heavy atom. The highest BCUT2D eigenvalue weighted by Gasteiger charge is 2.02. The predicted octanol–water partition coefficient (Wildman–Crippen LogP) is 3.57. The van der Waals surface area contributed by atoms with Crippen LogP contribution in [0, 0.1) is 0 Å². The van der Waals surface area contributed by atoms with Gasteiger partial charge < -0.3 is 0 Å². The quantitative estimate of drug-likeness (QED) is 0.810. The number of alkyl halides is 1. The number of rotatable bonds is 3. The van der Waals surface area contributed by atoms with E-state index in [-0.39, 0.29) is 0 Å². The number of nitrogens with zero attached hydrogens (tertiary/aromatic N) is 2. The Bertz CT molecular complexity index is 471. The first-order valence-corrected chi connectivity index (χ1v) is 6.21. The molecule has 1 heterocycles. The summed E-state index contributed by atoms with van der Waals surface area (Å²) in [6.45, 7) is 0. The molecule has 0 saturated carbocycles. The van der Waals surface area contributed by atoms with Crippen molar-refractivity contribution in [3.8, 4) is 0 Å². The van der Waals surface area contributed by atoms with Gasteiger partial charge in [0.25, 0.3) is 0 Å². The number of hydrogen-bond donors (Lipinski definition) is 0. The standard InChI is InChI=1S/C12H10BrClN2/c13-11-4-2-1-3-10(11)5-12-15-7-9(6-14)8-16-12/h1-4,7-8H,5-6H2. The van der Waals surface area contributed by atoms with E-state index < -0.39 is 0 Å². The first-order valence-electron chi connectivity index (χ1n) is 4.89. The van der Waals surface area contributed by atoms with E-state index in [1.54, 1.807) is 12.4 Å². The van der Waals surface area contributed by atoms with Gasteiger partial charge in [-0.1, -0.05) is 34.1 Å². The molecule has 82 valence electrons. The highest BCUT2D eigenvalue weighted by Crippen LogP contribution is 2.18. The van der Waals surface area contributed by atoms with Crippen LogP contribution in [0.25, 0.3) is 0 Å². The van der Waals surface area contributed by atoms with E-state index in [9.17, 15) is 0 Å². The molecule has 4 heteroatoms. The minimum atomic E-state index is 0.454. The van der Waals surface area contributed by atoms with Gasteiger partial charge in [-0.05, 0) is 11.6 Å². The lowest BCUT2D eigenvalue weighted by Crippen LogP contribution is -1.97. The van der Waals surface area contributed by atoms with E-state index in [4.69, 9.17) is 11.6 Å². The molecule has 0 aliphatic rings. The Morgan fingerprint density at radius 2 is 1.81 bits per heavy atom. The van der Waals surface area contributed by atoms with Crippen LogP contribution in [0.4, 0.5) is 0 Å². The van der Waals surface area contributed by atoms with Gasteiger partial charge in [0.1, 0.15) is 5.82 Å². The Kier molecular flexibility index (Phi) is 3.91. The number of halogens is 2. The molecule has 2 rings (SSSR count). The molecule has 0 N–H and O–H groups in total. The van der Waals surface area contributed by atoms with Gasteiger partial charge in [-0.2, -0.15) is 0 Å². The highest BCUT2D eigenvalue weighted by atomic mass is 79.9. The molecular formula is C12H10BrClN2. The lowest BCUT2D eigenvalue weighted by Gasteiger charge is -2.03. The van der Waals surface area contributed by atoms with E-state index in [2.05, 4.69) is 32.0 Å². The first-order chi connectivity index (χ1) is 7.79. The molecule has 0 aliphatic heterocycles. The van der Waals surface area contributed by atoms with Crippen LogP contribution in [0.5, 0.6) is 0 Å². The van der Waals surface area contributed by atoms with E-state index in [0.29, 0.717) is 5.88 Å². The van der Waals surface area contributed by atoms with E-state index in [0.717, 1.165) is 22.3 Å². The molecule has 0 saturated heterocycles. The molecule has 1 aromatic carbocycles. The SMILES string of the molecule is ClCc1cnc(Cc2ccccc2Br)nc1. The van der Waals surface area contributed by atoms with Gasteiger partial charge in [0, 0.05) is 28.9 Å². The fraction of sp³-hybridized carbons (Fsp3) is 0.167. The van der Waals surface area contributed by atoms with Crippen molar-refractivity contribution in [3.05, 3.63) is 58.1 Å². The maximum atomic E-state index is 5.68. The average Bonchev–Trinajstić information content (AvgIpc) is 2.33. The third-order valence-corrected chi connectivity index (χ3v) is 3.30. The van der Waals surface area contributed by atoms with E-state index >= 15 is 0 Å². The Labute approximate surface area is 108 Å². The van der Waals surface area contributed by atoms with Crippen molar-refractivity contribution in [1.82, 2.24) is 9.97 Å². The predicted molar refractivity (Wildman–Crippen MR) is 68.5 cm³/mol. The molecule has 0 atom stereocenters. The molecule has 0 amide bonds. The maximum Gasteiger partial charge on any atom is 0.132 e. The summed E-state index contributed by atoms with van der Waals surface area (Å²) in [5.74, 6) is 1.26. The van der Waals surface area contributed by atoms with Crippen LogP contribution in [-0.2, 0) is 12.3 Å². The number of aromatic nitrogens is 2. The zero-order valence-corrected chi connectivity index (χ0v) is 10.9. The number of benzene rings is 1. The normalized spacial score (nSPS) is 10.4. The van der Waals surface area contributed by atoms with Gasteiger partial charge in [0.05, 0.1) is 5.88 Å². The van der Waals surface area contributed by atoms with E-state index in [1.807, 2.05) is 18.2 Å². The smallest absolute Gasteiger partial charge is 0.132 e. The van der Waals surface area contributed by atoms with Crippen LogP contribution in [0.15, 0.2) is 41.1 Å². The summed E-state index contributed by atoms with van der Waals surface area (Å²) in [6, 6.07) is 8.07. The van der Waals surface area contributed by atoms with Gasteiger partial charge in [0.15, 0.2) is 0 Å². The first kappa shape index (κ1) is 11.6. The molecule has 0 radical (unpaired) electrons. The third kappa shape index (κ3) is 2.80. The Balaban J connectivity index is 2.18. The van der Waals surface area contributed by atoms with Crippen LogP contribution in [0.3, 0.4) is 0 Å². The molecule has 0 aliphatic carbocycles. The summed E-state index contributed by atoms with van der Waals surface area (Å²) < 4.78 is 1.08. The van der Waals surface area contributed by atoms with Crippen molar-refractivity contribution in [3.63, 3.8) is 0 Å². The molecule has 0 unspecified atom stereocenters. The van der Waals surface area contributed by atoms with Crippen molar-refractivity contribution in [1.29, 1.82) is 0 Å². The lowest BCUT2D eigenvalue weighted by atomic mass is 10.1. The van der Waals surface area contributed by atoms with Crippen molar-refractivity contribution in [2.24, 2.45) is 0 Å². The molecule has 16 heavy (non-hydrogen) atoms. The second-order valence-electron chi connectivity index (χ2n) is 3.41. The Hall–Kier alpha value is -0.930. The molecule has 2 nitrogen and oxygen atoms in total. The average molecular weight is 298 g/mol. The van der Waals surface area contributed by atoms with Gasteiger partial charge in [-0.25, -0.2) is 9.97 Å². The maximum absolute atomic E-state index is 5.68. The molecule has 2 aromatic rings. The zero-order valence-electron chi connectivity index (χ0n) is 8.53. The van der Waals surface area contributed by atoms with Crippen LogP contribution >= 0.6 is 27.5 Å². The van der Waals surface area contributed by atoms with Crippen LogP contribution in [0.1, 0.15) is 17.0 Å².